The zero-order valence-electron chi connectivity index (χ0n) is 18.7. The number of aromatic nitrogens is 2. The van der Waals surface area contributed by atoms with Crippen LogP contribution in [-0.4, -0.2) is 29.6 Å². The molecule has 0 unspecified atom stereocenters. The highest BCUT2D eigenvalue weighted by atomic mass is 79.9. The summed E-state index contributed by atoms with van der Waals surface area (Å²) in [5, 5.41) is 14.5. The largest absolute Gasteiger partial charge is 0.496 e. The summed E-state index contributed by atoms with van der Waals surface area (Å²) in [5.41, 5.74) is 1.46. The molecule has 0 saturated carbocycles. The number of hydrogen-bond acceptors (Lipinski definition) is 7. The van der Waals surface area contributed by atoms with Crippen LogP contribution in [0.2, 0.25) is 0 Å². The lowest BCUT2D eigenvalue weighted by Crippen LogP contribution is -2.20. The van der Waals surface area contributed by atoms with Gasteiger partial charge < -0.3 is 13.9 Å². The molecular formula is C26H16Br2N4O4. The fraction of sp³-hybridized carbons (Fsp3) is 0.0769. The second-order valence-corrected chi connectivity index (χ2v) is 9.27. The van der Waals surface area contributed by atoms with Crippen molar-refractivity contribution in [1.29, 1.82) is 5.26 Å². The summed E-state index contributed by atoms with van der Waals surface area (Å²) in [4.78, 5) is 18.2. The van der Waals surface area contributed by atoms with Gasteiger partial charge in [-0.1, -0.05) is 18.2 Å². The fourth-order valence-corrected chi connectivity index (χ4v) is 5.18. The SMILES string of the molecule is COc1cccc2oc(-c3nc4ccccc4c(=O)n3N=Cc3cc(Br)c(OCC#N)c(Br)c3)cc12. The third kappa shape index (κ3) is 4.39. The molecule has 5 aromatic rings. The zero-order chi connectivity index (χ0) is 25.2. The van der Waals surface area contributed by atoms with E-state index < -0.39 is 0 Å². The molecule has 10 heteroatoms. The minimum absolute atomic E-state index is 0.0889. The standard InChI is InChI=1S/C26H16Br2N4O4/c1-34-21-7-4-8-22-17(21)13-23(36-22)25-31-20-6-3-2-5-16(20)26(33)32(25)30-14-15-11-18(27)24(19(28)12-15)35-10-9-29/h2-8,11-14H,10H2,1H3. The second kappa shape index (κ2) is 9.97. The minimum atomic E-state index is -0.341. The highest BCUT2D eigenvalue weighted by Crippen LogP contribution is 2.35. The maximum Gasteiger partial charge on any atom is 0.282 e. The van der Waals surface area contributed by atoms with Crippen LogP contribution in [0.1, 0.15) is 5.56 Å². The van der Waals surface area contributed by atoms with E-state index in [0.29, 0.717) is 48.3 Å². The number of nitriles is 1. The third-order valence-electron chi connectivity index (χ3n) is 5.34. The first-order chi connectivity index (χ1) is 17.5. The Morgan fingerprint density at radius 2 is 1.89 bits per heavy atom. The predicted molar refractivity (Wildman–Crippen MR) is 144 cm³/mol. The van der Waals surface area contributed by atoms with Crippen molar-refractivity contribution in [3.05, 3.63) is 85.5 Å². The van der Waals surface area contributed by atoms with Gasteiger partial charge in [0.25, 0.3) is 5.56 Å². The van der Waals surface area contributed by atoms with Gasteiger partial charge in [-0.05, 0) is 79.9 Å². The molecular weight excluding hydrogens is 592 g/mol. The highest BCUT2D eigenvalue weighted by molar-refractivity contribution is 9.11. The molecule has 0 radical (unpaired) electrons. The topological polar surface area (TPSA) is 103 Å². The Balaban J connectivity index is 1.66. The molecule has 0 N–H and O–H groups in total. The van der Waals surface area contributed by atoms with E-state index in [1.807, 2.05) is 30.3 Å². The number of furan rings is 1. The summed E-state index contributed by atoms with van der Waals surface area (Å²) in [6.45, 7) is -0.0889. The molecule has 0 aliphatic carbocycles. The zero-order valence-corrected chi connectivity index (χ0v) is 21.9. The average Bonchev–Trinajstić information content (AvgIpc) is 3.32. The molecule has 0 atom stereocenters. The number of fused-ring (bicyclic) bond motifs is 2. The molecule has 178 valence electrons. The number of methoxy groups -OCH3 is 1. The smallest absolute Gasteiger partial charge is 0.282 e. The van der Waals surface area contributed by atoms with Gasteiger partial charge in [0.2, 0.25) is 5.82 Å². The lowest BCUT2D eigenvalue weighted by Gasteiger charge is -2.09. The molecule has 2 heterocycles. The number of ether oxygens (including phenoxy) is 2. The van der Waals surface area contributed by atoms with Gasteiger partial charge in [0, 0.05) is 0 Å². The van der Waals surface area contributed by atoms with Gasteiger partial charge in [-0.3, -0.25) is 4.79 Å². The van der Waals surface area contributed by atoms with Gasteiger partial charge in [0.1, 0.15) is 23.2 Å². The molecule has 2 aromatic heterocycles. The van der Waals surface area contributed by atoms with Crippen molar-refractivity contribution in [3.63, 3.8) is 0 Å². The monoisotopic (exact) mass is 606 g/mol. The summed E-state index contributed by atoms with van der Waals surface area (Å²) >= 11 is 6.90. The predicted octanol–water partition coefficient (Wildman–Crippen LogP) is 6.13. The first-order valence-corrected chi connectivity index (χ1v) is 12.2. The molecule has 0 saturated heterocycles. The van der Waals surface area contributed by atoms with E-state index in [4.69, 9.17) is 24.1 Å². The summed E-state index contributed by atoms with van der Waals surface area (Å²) < 4.78 is 19.4. The number of hydrogen-bond donors (Lipinski definition) is 0. The number of para-hydroxylation sites is 1. The minimum Gasteiger partial charge on any atom is -0.496 e. The summed E-state index contributed by atoms with van der Waals surface area (Å²) in [6.07, 6.45) is 1.54. The van der Waals surface area contributed by atoms with E-state index in [1.54, 1.807) is 43.5 Å². The van der Waals surface area contributed by atoms with E-state index in [9.17, 15) is 4.79 Å². The van der Waals surface area contributed by atoms with Crippen LogP contribution in [0, 0.1) is 11.3 Å². The van der Waals surface area contributed by atoms with E-state index in [2.05, 4.69) is 37.0 Å². The number of nitrogens with zero attached hydrogens (tertiary/aromatic N) is 4. The van der Waals surface area contributed by atoms with Crippen molar-refractivity contribution < 1.29 is 13.9 Å². The average molecular weight is 608 g/mol. The summed E-state index contributed by atoms with van der Waals surface area (Å²) in [5.74, 6) is 1.77. The molecule has 8 nitrogen and oxygen atoms in total. The van der Waals surface area contributed by atoms with Crippen LogP contribution >= 0.6 is 31.9 Å². The Labute approximate surface area is 221 Å². The Morgan fingerprint density at radius 3 is 2.64 bits per heavy atom. The molecule has 36 heavy (non-hydrogen) atoms. The number of rotatable bonds is 6. The third-order valence-corrected chi connectivity index (χ3v) is 6.52. The maximum absolute atomic E-state index is 13.5. The van der Waals surface area contributed by atoms with Crippen LogP contribution < -0.4 is 15.0 Å². The molecule has 0 fully saturated rings. The number of benzene rings is 3. The van der Waals surface area contributed by atoms with Crippen LogP contribution in [0.4, 0.5) is 0 Å². The van der Waals surface area contributed by atoms with Crippen molar-refractivity contribution in [1.82, 2.24) is 9.66 Å². The van der Waals surface area contributed by atoms with Gasteiger partial charge in [0.15, 0.2) is 12.4 Å². The second-order valence-electron chi connectivity index (χ2n) is 7.56. The van der Waals surface area contributed by atoms with Crippen LogP contribution in [0.5, 0.6) is 11.5 Å². The molecule has 0 aliphatic heterocycles. The Hall–Kier alpha value is -3.94. The van der Waals surface area contributed by atoms with Gasteiger partial charge in [-0.15, -0.1) is 0 Å². The van der Waals surface area contributed by atoms with E-state index in [1.165, 1.54) is 10.9 Å². The van der Waals surface area contributed by atoms with Crippen LogP contribution in [0.25, 0.3) is 33.5 Å². The summed E-state index contributed by atoms with van der Waals surface area (Å²) in [6, 6.07) is 19.8. The van der Waals surface area contributed by atoms with Crippen LogP contribution in [-0.2, 0) is 0 Å². The highest BCUT2D eigenvalue weighted by Gasteiger charge is 2.18. The lowest BCUT2D eigenvalue weighted by molar-refractivity contribution is 0.363. The number of halogens is 2. The van der Waals surface area contributed by atoms with Crippen molar-refractivity contribution in [2.45, 2.75) is 0 Å². The van der Waals surface area contributed by atoms with Gasteiger partial charge in [-0.2, -0.15) is 15.0 Å². The first kappa shape index (κ1) is 23.8. The van der Waals surface area contributed by atoms with Crippen molar-refractivity contribution >= 4 is 59.9 Å². The maximum atomic E-state index is 13.5. The Morgan fingerprint density at radius 1 is 1.11 bits per heavy atom. The summed E-state index contributed by atoms with van der Waals surface area (Å²) in [7, 11) is 1.59. The van der Waals surface area contributed by atoms with Crippen molar-refractivity contribution in [3.8, 4) is 29.2 Å². The first-order valence-electron chi connectivity index (χ1n) is 10.6. The van der Waals surface area contributed by atoms with Gasteiger partial charge in [-0.25, -0.2) is 4.98 Å². The molecule has 3 aromatic carbocycles. The fourth-order valence-electron chi connectivity index (χ4n) is 3.73. The van der Waals surface area contributed by atoms with E-state index in [-0.39, 0.29) is 18.0 Å². The molecule has 0 bridgehead atoms. The van der Waals surface area contributed by atoms with E-state index >= 15 is 0 Å². The molecule has 0 amide bonds. The van der Waals surface area contributed by atoms with Gasteiger partial charge >= 0.3 is 0 Å². The van der Waals surface area contributed by atoms with E-state index in [0.717, 1.165) is 5.39 Å². The van der Waals surface area contributed by atoms with Crippen LogP contribution in [0.3, 0.4) is 0 Å². The normalized spacial score (nSPS) is 11.3. The molecule has 5 rings (SSSR count). The van der Waals surface area contributed by atoms with Crippen LogP contribution in [0.15, 0.2) is 83.9 Å². The quantitative estimate of drug-likeness (QED) is 0.215. The molecule has 0 aliphatic rings. The van der Waals surface area contributed by atoms with Crippen molar-refractivity contribution in [2.24, 2.45) is 5.10 Å². The lowest BCUT2D eigenvalue weighted by atomic mass is 10.2. The van der Waals surface area contributed by atoms with Crippen molar-refractivity contribution in [2.75, 3.05) is 13.7 Å². The Kier molecular flexibility index (Phi) is 6.59. The van der Waals surface area contributed by atoms with Gasteiger partial charge in [0.05, 0.1) is 38.6 Å². The molecule has 0 spiro atoms. The Bertz CT molecular complexity index is 1730.